The molecule has 2 atom stereocenters. The Bertz CT molecular complexity index is 545. The Morgan fingerprint density at radius 1 is 1.26 bits per heavy atom. The van der Waals surface area contributed by atoms with Crippen LogP contribution in [-0.2, 0) is 9.53 Å². The van der Waals surface area contributed by atoms with Gasteiger partial charge >= 0.3 is 12.0 Å². The number of rotatable bonds is 8. The van der Waals surface area contributed by atoms with E-state index in [1.807, 2.05) is 45.9 Å². The minimum Gasteiger partial charge on any atom is -0.490 e. The van der Waals surface area contributed by atoms with E-state index in [0.29, 0.717) is 0 Å². The van der Waals surface area contributed by atoms with Crippen molar-refractivity contribution in [1.29, 1.82) is 0 Å². The SMILES string of the molecule is CC[C@@H](C)[C@@H](NC(N)=O)C(=O)OCCOc1cc(C)ccc1C. The molecule has 6 nitrogen and oxygen atoms in total. The highest BCUT2D eigenvalue weighted by atomic mass is 16.6. The van der Waals surface area contributed by atoms with Crippen molar-refractivity contribution in [3.63, 3.8) is 0 Å². The highest BCUT2D eigenvalue weighted by molar-refractivity contribution is 5.83. The lowest BCUT2D eigenvalue weighted by atomic mass is 9.99. The number of hydrogen-bond acceptors (Lipinski definition) is 4. The van der Waals surface area contributed by atoms with E-state index in [-0.39, 0.29) is 19.1 Å². The number of primary amides is 1. The van der Waals surface area contributed by atoms with E-state index in [2.05, 4.69) is 5.32 Å². The van der Waals surface area contributed by atoms with Crippen LogP contribution in [0.5, 0.6) is 5.75 Å². The molecule has 2 amide bonds. The van der Waals surface area contributed by atoms with Gasteiger partial charge < -0.3 is 20.5 Å². The highest BCUT2D eigenvalue weighted by Gasteiger charge is 2.26. The van der Waals surface area contributed by atoms with Gasteiger partial charge in [-0.3, -0.25) is 0 Å². The van der Waals surface area contributed by atoms with Crippen LogP contribution < -0.4 is 15.8 Å². The van der Waals surface area contributed by atoms with E-state index in [9.17, 15) is 9.59 Å². The highest BCUT2D eigenvalue weighted by Crippen LogP contribution is 2.18. The maximum Gasteiger partial charge on any atom is 0.329 e. The minimum absolute atomic E-state index is 0.0602. The molecule has 3 N–H and O–H groups in total. The minimum atomic E-state index is -0.738. The van der Waals surface area contributed by atoms with Gasteiger partial charge in [0.25, 0.3) is 0 Å². The fourth-order valence-corrected chi connectivity index (χ4v) is 2.07. The molecule has 128 valence electrons. The van der Waals surface area contributed by atoms with Crippen LogP contribution in [0, 0.1) is 19.8 Å². The Kier molecular flexibility index (Phi) is 7.38. The second kappa shape index (κ2) is 9.02. The molecule has 0 aliphatic rings. The standard InChI is InChI=1S/C17H26N2O4/c1-5-12(3)15(19-17(18)21)16(20)23-9-8-22-14-10-11(2)6-7-13(14)4/h6-7,10,12,15H,5,8-9H2,1-4H3,(H3,18,19,21)/t12-,15-/m1/s1. The summed E-state index contributed by atoms with van der Waals surface area (Å²) in [5.41, 5.74) is 7.23. The van der Waals surface area contributed by atoms with E-state index in [1.54, 1.807) is 0 Å². The average Bonchev–Trinajstić information content (AvgIpc) is 2.51. The van der Waals surface area contributed by atoms with E-state index in [0.717, 1.165) is 23.3 Å². The Labute approximate surface area is 137 Å². The fourth-order valence-electron chi connectivity index (χ4n) is 2.07. The van der Waals surface area contributed by atoms with Crippen molar-refractivity contribution in [2.75, 3.05) is 13.2 Å². The predicted molar refractivity (Wildman–Crippen MR) is 88.3 cm³/mol. The normalized spacial score (nSPS) is 13.0. The first-order chi connectivity index (χ1) is 10.8. The van der Waals surface area contributed by atoms with Crippen molar-refractivity contribution in [3.8, 4) is 5.75 Å². The Balaban J connectivity index is 2.48. The zero-order chi connectivity index (χ0) is 17.4. The number of aryl methyl sites for hydroxylation is 2. The topological polar surface area (TPSA) is 90.7 Å². The summed E-state index contributed by atoms with van der Waals surface area (Å²) in [6.07, 6.45) is 0.721. The van der Waals surface area contributed by atoms with Crippen LogP contribution in [-0.4, -0.2) is 31.3 Å². The molecule has 1 aromatic carbocycles. The summed E-state index contributed by atoms with van der Waals surface area (Å²) in [5, 5.41) is 2.43. The first kappa shape index (κ1) is 18.8. The summed E-state index contributed by atoms with van der Waals surface area (Å²) < 4.78 is 10.8. The Morgan fingerprint density at radius 3 is 2.57 bits per heavy atom. The van der Waals surface area contributed by atoms with Crippen molar-refractivity contribution in [3.05, 3.63) is 29.3 Å². The zero-order valence-corrected chi connectivity index (χ0v) is 14.2. The van der Waals surface area contributed by atoms with Gasteiger partial charge in [0.2, 0.25) is 0 Å². The van der Waals surface area contributed by atoms with E-state index in [4.69, 9.17) is 15.2 Å². The lowest BCUT2D eigenvalue weighted by Gasteiger charge is -2.21. The second-order valence-corrected chi connectivity index (χ2v) is 5.66. The molecule has 0 heterocycles. The van der Waals surface area contributed by atoms with E-state index in [1.165, 1.54) is 0 Å². The maximum absolute atomic E-state index is 12.1. The number of amides is 2. The van der Waals surface area contributed by atoms with Gasteiger partial charge in [-0.1, -0.05) is 32.4 Å². The third kappa shape index (κ3) is 6.18. The molecule has 0 fully saturated rings. The molecule has 1 aromatic rings. The van der Waals surface area contributed by atoms with Gasteiger partial charge in [0.15, 0.2) is 0 Å². The predicted octanol–water partition coefficient (Wildman–Crippen LogP) is 2.31. The lowest BCUT2D eigenvalue weighted by molar-refractivity contribution is -0.148. The number of nitrogens with one attached hydrogen (secondary N) is 1. The summed E-state index contributed by atoms with van der Waals surface area (Å²) >= 11 is 0. The summed E-state index contributed by atoms with van der Waals surface area (Å²) in [4.78, 5) is 23.1. The summed E-state index contributed by atoms with van der Waals surface area (Å²) in [5.74, 6) is 0.215. The number of urea groups is 1. The van der Waals surface area contributed by atoms with Gasteiger partial charge in [0.05, 0.1) is 0 Å². The largest absolute Gasteiger partial charge is 0.490 e. The van der Waals surface area contributed by atoms with E-state index >= 15 is 0 Å². The van der Waals surface area contributed by atoms with Gasteiger partial charge in [-0.2, -0.15) is 0 Å². The summed E-state index contributed by atoms with van der Waals surface area (Å²) in [7, 11) is 0. The Morgan fingerprint density at radius 2 is 1.96 bits per heavy atom. The van der Waals surface area contributed by atoms with Gasteiger partial charge in [-0.25, -0.2) is 9.59 Å². The molecular formula is C17H26N2O4. The first-order valence-electron chi connectivity index (χ1n) is 7.77. The fraction of sp³-hybridized carbons (Fsp3) is 0.529. The molecule has 0 radical (unpaired) electrons. The smallest absolute Gasteiger partial charge is 0.329 e. The summed E-state index contributed by atoms with van der Waals surface area (Å²) in [6.45, 7) is 8.08. The maximum atomic E-state index is 12.1. The van der Waals surface area contributed by atoms with Crippen molar-refractivity contribution in [1.82, 2.24) is 5.32 Å². The molecule has 0 unspecified atom stereocenters. The average molecular weight is 322 g/mol. The molecule has 1 rings (SSSR count). The molecule has 0 aliphatic heterocycles. The number of esters is 1. The molecule has 23 heavy (non-hydrogen) atoms. The third-order valence-corrected chi connectivity index (χ3v) is 3.69. The van der Waals surface area contributed by atoms with Crippen molar-refractivity contribution in [2.45, 2.75) is 40.2 Å². The van der Waals surface area contributed by atoms with Crippen LogP contribution in [0.3, 0.4) is 0 Å². The third-order valence-electron chi connectivity index (χ3n) is 3.69. The van der Waals surface area contributed by atoms with Gasteiger partial charge in [0.1, 0.15) is 25.0 Å². The molecule has 6 heteroatoms. The summed E-state index contributed by atoms with van der Waals surface area (Å²) in [6, 6.07) is 4.45. The quantitative estimate of drug-likeness (QED) is 0.567. The van der Waals surface area contributed by atoms with Crippen LogP contribution in [0.4, 0.5) is 4.79 Å². The molecule has 0 spiro atoms. The molecule has 0 bridgehead atoms. The number of benzene rings is 1. The van der Waals surface area contributed by atoms with Gasteiger partial charge in [-0.15, -0.1) is 0 Å². The molecule has 0 aromatic heterocycles. The number of carbonyl (C=O) groups is 2. The van der Waals surface area contributed by atoms with Gasteiger partial charge in [0, 0.05) is 0 Å². The second-order valence-electron chi connectivity index (χ2n) is 5.66. The van der Waals surface area contributed by atoms with Crippen LogP contribution in [0.25, 0.3) is 0 Å². The number of nitrogens with two attached hydrogens (primary N) is 1. The van der Waals surface area contributed by atoms with Crippen molar-refractivity contribution < 1.29 is 19.1 Å². The van der Waals surface area contributed by atoms with Crippen molar-refractivity contribution in [2.24, 2.45) is 11.7 Å². The first-order valence-corrected chi connectivity index (χ1v) is 7.77. The number of hydrogen-bond donors (Lipinski definition) is 2. The van der Waals surface area contributed by atoms with Crippen LogP contribution in [0.2, 0.25) is 0 Å². The van der Waals surface area contributed by atoms with Gasteiger partial charge in [-0.05, 0) is 37.0 Å². The Hall–Kier alpha value is -2.24. The van der Waals surface area contributed by atoms with Crippen LogP contribution in [0.1, 0.15) is 31.4 Å². The monoisotopic (exact) mass is 322 g/mol. The molecule has 0 saturated carbocycles. The van der Waals surface area contributed by atoms with Crippen molar-refractivity contribution >= 4 is 12.0 Å². The van der Waals surface area contributed by atoms with Crippen LogP contribution >= 0.6 is 0 Å². The lowest BCUT2D eigenvalue weighted by Crippen LogP contribution is -2.48. The number of ether oxygens (including phenoxy) is 2. The number of carbonyl (C=O) groups excluding carboxylic acids is 2. The molecule has 0 aliphatic carbocycles. The molecule has 0 saturated heterocycles. The van der Waals surface area contributed by atoms with E-state index < -0.39 is 18.0 Å². The zero-order valence-electron chi connectivity index (χ0n) is 14.2. The van der Waals surface area contributed by atoms with Crippen LogP contribution in [0.15, 0.2) is 18.2 Å². The molecular weight excluding hydrogens is 296 g/mol.